The van der Waals surface area contributed by atoms with Crippen LogP contribution in [0.15, 0.2) is 49.1 Å². The molecule has 132 valence electrons. The van der Waals surface area contributed by atoms with Gasteiger partial charge in [-0.1, -0.05) is 23.2 Å². The molecule has 0 spiro atoms. The molecule has 1 N–H and O–H groups in total. The number of pyridine rings is 1. The third kappa shape index (κ3) is 4.28. The summed E-state index contributed by atoms with van der Waals surface area (Å²) in [5, 5.41) is 4.02. The number of nitrogens with one attached hydrogen (secondary N) is 1. The zero-order valence-electron chi connectivity index (χ0n) is 13.7. The Morgan fingerprint density at radius 2 is 1.88 bits per heavy atom. The van der Waals surface area contributed by atoms with Crippen LogP contribution in [0.1, 0.15) is 17.3 Å². The lowest BCUT2D eigenvalue weighted by atomic mass is 10.1. The minimum atomic E-state index is -0.431. The number of hydrogen-bond acceptors (Lipinski definition) is 6. The molecular weight excluding hydrogens is 375 g/mol. The van der Waals surface area contributed by atoms with Crippen LogP contribution >= 0.6 is 23.2 Å². The van der Waals surface area contributed by atoms with Gasteiger partial charge in [0, 0.05) is 23.6 Å². The van der Waals surface area contributed by atoms with Crippen LogP contribution in [-0.2, 0) is 4.74 Å². The predicted molar refractivity (Wildman–Crippen MR) is 101 cm³/mol. The van der Waals surface area contributed by atoms with E-state index in [0.717, 1.165) is 5.69 Å². The molecule has 0 aliphatic heterocycles. The average Bonchev–Trinajstić information content (AvgIpc) is 2.65. The summed E-state index contributed by atoms with van der Waals surface area (Å²) in [5.74, 6) is 0.0855. The van der Waals surface area contributed by atoms with Crippen molar-refractivity contribution in [2.24, 2.45) is 0 Å². The van der Waals surface area contributed by atoms with Gasteiger partial charge in [-0.15, -0.1) is 0 Å². The number of carbonyl (C=O) groups is 1. The number of aromatic nitrogens is 3. The summed E-state index contributed by atoms with van der Waals surface area (Å²) in [6.45, 7) is 2.05. The van der Waals surface area contributed by atoms with Crippen molar-refractivity contribution in [3.63, 3.8) is 0 Å². The van der Waals surface area contributed by atoms with Crippen LogP contribution < -0.4 is 5.32 Å². The van der Waals surface area contributed by atoms with E-state index in [9.17, 15) is 4.79 Å². The molecule has 0 saturated carbocycles. The summed E-state index contributed by atoms with van der Waals surface area (Å²) in [5.41, 5.74) is 2.30. The second-order valence-electron chi connectivity index (χ2n) is 5.23. The van der Waals surface area contributed by atoms with Crippen LogP contribution in [-0.4, -0.2) is 27.5 Å². The molecular formula is C18H14Cl2N4O2. The van der Waals surface area contributed by atoms with Gasteiger partial charge < -0.3 is 10.1 Å². The minimum absolute atomic E-state index is 0.298. The maximum atomic E-state index is 11.9. The summed E-state index contributed by atoms with van der Waals surface area (Å²) >= 11 is 11.9. The average molecular weight is 389 g/mol. The topological polar surface area (TPSA) is 77.0 Å². The summed E-state index contributed by atoms with van der Waals surface area (Å²) in [7, 11) is 0. The Morgan fingerprint density at radius 3 is 2.65 bits per heavy atom. The van der Waals surface area contributed by atoms with Crippen LogP contribution in [0.25, 0.3) is 11.3 Å². The number of hydrogen-bond donors (Lipinski definition) is 1. The van der Waals surface area contributed by atoms with Gasteiger partial charge in [0.15, 0.2) is 0 Å². The molecule has 8 heteroatoms. The molecule has 0 aliphatic rings. The molecule has 0 atom stereocenters. The van der Waals surface area contributed by atoms with Crippen molar-refractivity contribution >= 4 is 40.7 Å². The van der Waals surface area contributed by atoms with Crippen molar-refractivity contribution < 1.29 is 9.53 Å². The first-order valence-electron chi connectivity index (χ1n) is 7.73. The molecule has 6 nitrogen and oxygen atoms in total. The molecule has 1 aromatic carbocycles. The monoisotopic (exact) mass is 388 g/mol. The van der Waals surface area contributed by atoms with Crippen LogP contribution in [0.4, 0.5) is 11.5 Å². The molecule has 0 bridgehead atoms. The maximum Gasteiger partial charge on any atom is 0.339 e. The Hall–Kier alpha value is -2.70. The van der Waals surface area contributed by atoms with E-state index in [4.69, 9.17) is 27.9 Å². The van der Waals surface area contributed by atoms with Gasteiger partial charge in [-0.05, 0) is 31.2 Å². The zero-order valence-corrected chi connectivity index (χ0v) is 15.3. The molecule has 26 heavy (non-hydrogen) atoms. The molecule has 0 fully saturated rings. The lowest BCUT2D eigenvalue weighted by molar-refractivity contribution is 0.0526. The lowest BCUT2D eigenvalue weighted by Crippen LogP contribution is -2.05. The van der Waals surface area contributed by atoms with Crippen LogP contribution in [0.3, 0.4) is 0 Å². The highest BCUT2D eigenvalue weighted by atomic mass is 35.5. The minimum Gasteiger partial charge on any atom is -0.462 e. The molecule has 3 aromatic rings. The second kappa shape index (κ2) is 8.12. The third-order valence-electron chi connectivity index (χ3n) is 3.37. The van der Waals surface area contributed by atoms with Crippen molar-refractivity contribution in [1.29, 1.82) is 0 Å². The second-order valence-corrected chi connectivity index (χ2v) is 6.04. The standard InChI is InChI=1S/C18H14Cl2N4O2/c1-2-26-18(25)12-5-11(7-21-8-12)16-9-22-10-17(24-16)23-13-3-4-14(19)15(20)6-13/h3-10H,2H2,1H3,(H,23,24). The highest BCUT2D eigenvalue weighted by Crippen LogP contribution is 2.27. The van der Waals surface area contributed by atoms with E-state index in [1.165, 1.54) is 6.20 Å². The summed E-state index contributed by atoms with van der Waals surface area (Å²) in [6.07, 6.45) is 6.23. The van der Waals surface area contributed by atoms with Crippen molar-refractivity contribution in [2.45, 2.75) is 6.92 Å². The van der Waals surface area contributed by atoms with Gasteiger partial charge in [0.1, 0.15) is 5.82 Å². The van der Waals surface area contributed by atoms with Crippen molar-refractivity contribution in [3.05, 3.63) is 64.7 Å². The number of benzene rings is 1. The molecule has 0 unspecified atom stereocenters. The molecule has 3 rings (SSSR count). The Labute approximate surface area is 160 Å². The first-order valence-corrected chi connectivity index (χ1v) is 8.49. The Balaban J connectivity index is 1.86. The number of esters is 1. The normalized spacial score (nSPS) is 10.4. The summed E-state index contributed by atoms with van der Waals surface area (Å²) in [4.78, 5) is 24.6. The van der Waals surface area contributed by atoms with Crippen LogP contribution in [0.2, 0.25) is 10.0 Å². The fraction of sp³-hybridized carbons (Fsp3) is 0.111. The lowest BCUT2D eigenvalue weighted by Gasteiger charge is -2.08. The van der Waals surface area contributed by atoms with E-state index >= 15 is 0 Å². The molecule has 2 aromatic heterocycles. The summed E-state index contributed by atoms with van der Waals surface area (Å²) < 4.78 is 4.99. The molecule has 0 aliphatic carbocycles. The van der Waals surface area contributed by atoms with E-state index in [1.807, 2.05) is 0 Å². The quantitative estimate of drug-likeness (QED) is 0.634. The highest BCUT2D eigenvalue weighted by molar-refractivity contribution is 6.42. The van der Waals surface area contributed by atoms with Gasteiger partial charge in [0.2, 0.25) is 0 Å². The van der Waals surface area contributed by atoms with E-state index in [0.29, 0.717) is 39.3 Å². The molecule has 2 heterocycles. The predicted octanol–water partition coefficient (Wildman–Crippen LogP) is 4.77. The maximum absolute atomic E-state index is 11.9. The van der Waals surface area contributed by atoms with Gasteiger partial charge in [-0.3, -0.25) is 9.97 Å². The van der Waals surface area contributed by atoms with Gasteiger partial charge in [-0.25, -0.2) is 9.78 Å². The number of ether oxygens (including phenoxy) is 1. The van der Waals surface area contributed by atoms with Crippen molar-refractivity contribution in [2.75, 3.05) is 11.9 Å². The molecule has 0 saturated heterocycles. The van der Waals surface area contributed by atoms with E-state index in [1.54, 1.807) is 49.8 Å². The number of halogens is 2. The number of carbonyl (C=O) groups excluding carboxylic acids is 1. The zero-order chi connectivity index (χ0) is 18.5. The van der Waals surface area contributed by atoms with Gasteiger partial charge in [0.05, 0.1) is 40.3 Å². The number of nitrogens with zero attached hydrogens (tertiary/aromatic N) is 3. The largest absolute Gasteiger partial charge is 0.462 e. The number of rotatable bonds is 5. The van der Waals surface area contributed by atoms with Gasteiger partial charge >= 0.3 is 5.97 Å². The van der Waals surface area contributed by atoms with Crippen LogP contribution in [0.5, 0.6) is 0 Å². The Kier molecular flexibility index (Phi) is 5.65. The fourth-order valence-electron chi connectivity index (χ4n) is 2.19. The smallest absolute Gasteiger partial charge is 0.339 e. The Bertz CT molecular complexity index is 950. The third-order valence-corrected chi connectivity index (χ3v) is 4.11. The van der Waals surface area contributed by atoms with Crippen molar-refractivity contribution in [1.82, 2.24) is 15.0 Å². The highest BCUT2D eigenvalue weighted by Gasteiger charge is 2.10. The Morgan fingerprint density at radius 1 is 1.08 bits per heavy atom. The number of anilines is 2. The van der Waals surface area contributed by atoms with E-state index < -0.39 is 5.97 Å². The first kappa shape index (κ1) is 18.1. The van der Waals surface area contributed by atoms with E-state index in [2.05, 4.69) is 20.3 Å². The van der Waals surface area contributed by atoms with Crippen LogP contribution in [0, 0.1) is 0 Å². The SMILES string of the molecule is CCOC(=O)c1cncc(-c2cncc(Nc3ccc(Cl)c(Cl)c3)n2)c1. The molecule has 0 amide bonds. The fourth-order valence-corrected chi connectivity index (χ4v) is 2.49. The molecule has 0 radical (unpaired) electrons. The first-order chi connectivity index (χ1) is 12.6. The van der Waals surface area contributed by atoms with Gasteiger partial charge in [0.25, 0.3) is 0 Å². The summed E-state index contributed by atoms with van der Waals surface area (Å²) in [6, 6.07) is 6.83. The van der Waals surface area contributed by atoms with Gasteiger partial charge in [-0.2, -0.15) is 0 Å². The van der Waals surface area contributed by atoms with Crippen molar-refractivity contribution in [3.8, 4) is 11.3 Å². The van der Waals surface area contributed by atoms with E-state index in [-0.39, 0.29) is 0 Å².